The van der Waals surface area contributed by atoms with Crippen LogP contribution in [-0.2, 0) is 19.9 Å². The number of carboxylic acid groups (broad SMARTS) is 1. The lowest BCUT2D eigenvalue weighted by Crippen LogP contribution is -2.22. The summed E-state index contributed by atoms with van der Waals surface area (Å²) in [4.78, 5) is 10.9. The zero-order valence-corrected chi connectivity index (χ0v) is 12.2. The van der Waals surface area contributed by atoms with Crippen molar-refractivity contribution in [2.24, 2.45) is 5.14 Å². The molecule has 0 spiro atoms. The maximum atomic E-state index is 11.3. The van der Waals surface area contributed by atoms with Crippen LogP contribution in [0.5, 0.6) is 0 Å². The topological polar surface area (TPSA) is 144 Å². The third-order valence-corrected chi connectivity index (χ3v) is 5.13. The van der Waals surface area contributed by atoms with Gasteiger partial charge < -0.3 is 10.4 Å². The van der Waals surface area contributed by atoms with Gasteiger partial charge in [0.05, 0.1) is 22.3 Å². The SMILES string of the molecule is NS(=O)(=O)c1ccc(NC2C=CS(=O)(=O)C2)c(C(=O)O)c1. The summed E-state index contributed by atoms with van der Waals surface area (Å²) in [5.74, 6) is -1.55. The molecular formula is C11H12N2O6S2. The first-order valence-electron chi connectivity index (χ1n) is 5.66. The van der Waals surface area contributed by atoms with Crippen molar-refractivity contribution in [1.82, 2.24) is 0 Å². The van der Waals surface area contributed by atoms with E-state index in [4.69, 9.17) is 10.2 Å². The van der Waals surface area contributed by atoms with Crippen LogP contribution in [0.1, 0.15) is 10.4 Å². The average molecular weight is 332 g/mol. The van der Waals surface area contributed by atoms with Crippen molar-refractivity contribution in [2.45, 2.75) is 10.9 Å². The molecule has 1 aromatic rings. The second kappa shape index (κ2) is 5.13. The Morgan fingerprint density at radius 2 is 2.05 bits per heavy atom. The summed E-state index contributed by atoms with van der Waals surface area (Å²) in [6.07, 6.45) is 1.40. The van der Waals surface area contributed by atoms with E-state index in [-0.39, 0.29) is 21.9 Å². The van der Waals surface area contributed by atoms with Gasteiger partial charge in [-0.2, -0.15) is 0 Å². The fourth-order valence-corrected chi connectivity index (χ4v) is 3.64. The van der Waals surface area contributed by atoms with Crippen molar-refractivity contribution >= 4 is 31.5 Å². The minimum Gasteiger partial charge on any atom is -0.478 e. The summed E-state index contributed by atoms with van der Waals surface area (Å²) in [5.41, 5.74) is -0.194. The zero-order chi connectivity index (χ0) is 15.8. The number of hydrogen-bond acceptors (Lipinski definition) is 6. The molecule has 1 aromatic carbocycles. The molecule has 0 radical (unpaired) electrons. The molecule has 8 nitrogen and oxygen atoms in total. The first-order chi connectivity index (χ1) is 9.58. The highest BCUT2D eigenvalue weighted by atomic mass is 32.2. The number of nitrogens with one attached hydrogen (secondary N) is 1. The summed E-state index contributed by atoms with van der Waals surface area (Å²) in [5, 5.41) is 17.9. The molecule has 0 saturated carbocycles. The smallest absolute Gasteiger partial charge is 0.337 e. The predicted molar refractivity (Wildman–Crippen MR) is 75.1 cm³/mol. The second-order valence-corrected chi connectivity index (χ2v) is 7.96. The summed E-state index contributed by atoms with van der Waals surface area (Å²) in [6.45, 7) is 0. The number of hydrogen-bond donors (Lipinski definition) is 3. The van der Waals surface area contributed by atoms with Gasteiger partial charge in [-0.1, -0.05) is 6.08 Å². The molecule has 0 bridgehead atoms. The van der Waals surface area contributed by atoms with Gasteiger partial charge in [0.2, 0.25) is 10.0 Å². The summed E-state index contributed by atoms with van der Waals surface area (Å²) < 4.78 is 45.0. The van der Waals surface area contributed by atoms with Gasteiger partial charge in [0.1, 0.15) is 0 Å². The number of carbonyl (C=O) groups is 1. The van der Waals surface area contributed by atoms with E-state index in [0.29, 0.717) is 0 Å². The highest BCUT2D eigenvalue weighted by Crippen LogP contribution is 2.22. The minimum absolute atomic E-state index is 0.113. The Labute approximate surface area is 121 Å². The lowest BCUT2D eigenvalue weighted by molar-refractivity contribution is 0.0697. The molecule has 1 aliphatic heterocycles. The second-order valence-electron chi connectivity index (χ2n) is 4.47. The highest BCUT2D eigenvalue weighted by Gasteiger charge is 2.23. The van der Waals surface area contributed by atoms with Gasteiger partial charge >= 0.3 is 5.97 Å². The normalized spacial score (nSPS) is 20.3. The van der Waals surface area contributed by atoms with Crippen molar-refractivity contribution in [1.29, 1.82) is 0 Å². The van der Waals surface area contributed by atoms with Crippen molar-refractivity contribution in [2.75, 3.05) is 11.1 Å². The number of aromatic carboxylic acids is 1. The maximum Gasteiger partial charge on any atom is 0.337 e. The number of benzene rings is 1. The zero-order valence-electron chi connectivity index (χ0n) is 10.6. The van der Waals surface area contributed by atoms with E-state index in [1.54, 1.807) is 0 Å². The average Bonchev–Trinajstić information content (AvgIpc) is 2.67. The van der Waals surface area contributed by atoms with Gasteiger partial charge in [-0.25, -0.2) is 26.8 Å². The Hall–Kier alpha value is -1.91. The van der Waals surface area contributed by atoms with Crippen molar-refractivity contribution in [3.63, 3.8) is 0 Å². The Morgan fingerprint density at radius 3 is 2.52 bits per heavy atom. The highest BCUT2D eigenvalue weighted by molar-refractivity contribution is 7.94. The standard InChI is InChI=1S/C11H12N2O6S2/c12-21(18,19)8-1-2-10(9(5-8)11(14)15)13-7-3-4-20(16,17)6-7/h1-5,7,13H,6H2,(H,14,15)(H2,12,18,19). The molecule has 0 aromatic heterocycles. The van der Waals surface area contributed by atoms with Gasteiger partial charge in [-0.3, -0.25) is 0 Å². The monoisotopic (exact) mass is 332 g/mol. The summed E-state index contributed by atoms with van der Waals surface area (Å²) in [7, 11) is -7.31. The number of rotatable bonds is 4. The van der Waals surface area contributed by atoms with E-state index in [1.807, 2.05) is 0 Å². The Kier molecular flexibility index (Phi) is 3.78. The van der Waals surface area contributed by atoms with Crippen LogP contribution in [0.15, 0.2) is 34.6 Å². The van der Waals surface area contributed by atoms with E-state index >= 15 is 0 Å². The molecule has 1 unspecified atom stereocenters. The largest absolute Gasteiger partial charge is 0.478 e. The first-order valence-corrected chi connectivity index (χ1v) is 8.92. The van der Waals surface area contributed by atoms with E-state index in [0.717, 1.165) is 17.5 Å². The summed E-state index contributed by atoms with van der Waals surface area (Å²) >= 11 is 0. The molecule has 1 atom stereocenters. The van der Waals surface area contributed by atoms with Gasteiger partial charge in [0, 0.05) is 11.1 Å². The minimum atomic E-state index is -4.02. The Morgan fingerprint density at radius 1 is 1.38 bits per heavy atom. The van der Waals surface area contributed by atoms with Crippen LogP contribution in [0.25, 0.3) is 0 Å². The van der Waals surface area contributed by atoms with Crippen LogP contribution in [0.4, 0.5) is 5.69 Å². The molecule has 2 rings (SSSR count). The van der Waals surface area contributed by atoms with Crippen LogP contribution in [0, 0.1) is 0 Å². The molecule has 21 heavy (non-hydrogen) atoms. The third kappa shape index (κ3) is 3.60. The van der Waals surface area contributed by atoms with E-state index in [9.17, 15) is 21.6 Å². The molecule has 10 heteroatoms. The number of anilines is 1. The molecule has 0 fully saturated rings. The van der Waals surface area contributed by atoms with Crippen molar-refractivity contribution < 1.29 is 26.7 Å². The summed E-state index contributed by atoms with van der Waals surface area (Å²) in [6, 6.07) is 2.74. The van der Waals surface area contributed by atoms with Gasteiger partial charge in [-0.15, -0.1) is 0 Å². The molecule has 4 N–H and O–H groups in total. The molecule has 0 aliphatic carbocycles. The molecule has 114 valence electrons. The third-order valence-electron chi connectivity index (χ3n) is 2.82. The van der Waals surface area contributed by atoms with Crippen LogP contribution < -0.4 is 10.5 Å². The fraction of sp³-hybridized carbons (Fsp3) is 0.182. The quantitative estimate of drug-likeness (QED) is 0.690. The number of sulfonamides is 1. The van der Waals surface area contributed by atoms with Crippen LogP contribution in [-0.4, -0.2) is 39.7 Å². The molecule has 0 saturated heterocycles. The van der Waals surface area contributed by atoms with Crippen LogP contribution in [0.3, 0.4) is 0 Å². The maximum absolute atomic E-state index is 11.3. The Balaban J connectivity index is 2.37. The van der Waals surface area contributed by atoms with Crippen LogP contribution >= 0.6 is 0 Å². The van der Waals surface area contributed by atoms with Gasteiger partial charge in [0.15, 0.2) is 9.84 Å². The first kappa shape index (κ1) is 15.5. The van der Waals surface area contributed by atoms with E-state index < -0.39 is 31.9 Å². The molecular weight excluding hydrogens is 320 g/mol. The van der Waals surface area contributed by atoms with Crippen molar-refractivity contribution in [3.8, 4) is 0 Å². The number of primary sulfonamides is 1. The number of carboxylic acids is 1. The van der Waals surface area contributed by atoms with Crippen molar-refractivity contribution in [3.05, 3.63) is 35.2 Å². The molecule has 0 amide bonds. The van der Waals surface area contributed by atoms with E-state index in [1.165, 1.54) is 12.1 Å². The molecule has 1 aliphatic rings. The van der Waals surface area contributed by atoms with E-state index in [2.05, 4.69) is 5.32 Å². The Bertz CT molecular complexity index is 826. The van der Waals surface area contributed by atoms with Gasteiger partial charge in [0.25, 0.3) is 0 Å². The lowest BCUT2D eigenvalue weighted by Gasteiger charge is -2.14. The lowest BCUT2D eigenvalue weighted by atomic mass is 10.1. The fourth-order valence-electron chi connectivity index (χ4n) is 1.87. The number of sulfone groups is 1. The molecule has 1 heterocycles. The van der Waals surface area contributed by atoms with Gasteiger partial charge in [-0.05, 0) is 18.2 Å². The predicted octanol–water partition coefficient (Wildman–Crippen LogP) is -0.245. The van der Waals surface area contributed by atoms with Crippen LogP contribution in [0.2, 0.25) is 0 Å². The number of nitrogens with two attached hydrogens (primary N) is 1.